The lowest BCUT2D eigenvalue weighted by Gasteiger charge is -2.42. The van der Waals surface area contributed by atoms with Crippen LogP contribution in [-0.2, 0) is 20.9 Å². The zero-order chi connectivity index (χ0) is 25.0. The van der Waals surface area contributed by atoms with Gasteiger partial charge in [0, 0.05) is 49.3 Å². The van der Waals surface area contributed by atoms with Crippen LogP contribution in [0.15, 0.2) is 41.2 Å². The first-order valence-corrected chi connectivity index (χ1v) is 12.8. The van der Waals surface area contributed by atoms with Crippen LogP contribution >= 0.6 is 0 Å². The van der Waals surface area contributed by atoms with Crippen molar-refractivity contribution in [2.75, 3.05) is 32.9 Å². The molecule has 4 aliphatic rings. The topological polar surface area (TPSA) is 92.1 Å². The number of aliphatic hydroxyl groups is 1. The third-order valence-electron chi connectivity index (χ3n) is 8.52. The summed E-state index contributed by atoms with van der Waals surface area (Å²) in [4.78, 5) is 44.7. The lowest BCUT2D eigenvalue weighted by atomic mass is 9.83. The molecule has 1 saturated carbocycles. The summed E-state index contributed by atoms with van der Waals surface area (Å²) in [5, 5.41) is 10.5. The summed E-state index contributed by atoms with van der Waals surface area (Å²) >= 11 is 0. The fourth-order valence-electron chi connectivity index (χ4n) is 6.43. The van der Waals surface area contributed by atoms with Gasteiger partial charge in [-0.15, -0.1) is 0 Å². The van der Waals surface area contributed by atoms with E-state index in [2.05, 4.69) is 0 Å². The van der Waals surface area contributed by atoms with Gasteiger partial charge in [0.25, 0.3) is 5.56 Å². The summed E-state index contributed by atoms with van der Waals surface area (Å²) in [6, 6.07) is 8.38. The first-order valence-electron chi connectivity index (χ1n) is 12.8. The lowest BCUT2D eigenvalue weighted by Crippen LogP contribution is -2.52. The van der Waals surface area contributed by atoms with Gasteiger partial charge >= 0.3 is 0 Å². The number of aromatic nitrogens is 1. The minimum Gasteiger partial charge on any atom is -0.396 e. The van der Waals surface area contributed by atoms with Gasteiger partial charge < -0.3 is 24.2 Å². The molecule has 2 aromatic rings. The molecule has 1 N–H and O–H groups in total. The summed E-state index contributed by atoms with van der Waals surface area (Å²) in [6.45, 7) is 1.72. The van der Waals surface area contributed by atoms with Crippen molar-refractivity contribution in [3.05, 3.63) is 58.3 Å². The number of morpholine rings is 1. The van der Waals surface area contributed by atoms with Crippen molar-refractivity contribution in [3.63, 3.8) is 0 Å². The maximum absolute atomic E-state index is 14.6. The molecule has 2 saturated heterocycles. The van der Waals surface area contributed by atoms with Gasteiger partial charge in [-0.05, 0) is 31.0 Å². The van der Waals surface area contributed by atoms with Crippen LogP contribution in [0, 0.1) is 23.6 Å². The Balaban J connectivity index is 1.47. The number of carbonyl (C=O) groups is 2. The normalized spacial score (nSPS) is 27.5. The number of pyridine rings is 1. The molecule has 1 aromatic heterocycles. The molecule has 6 rings (SSSR count). The maximum Gasteiger partial charge on any atom is 0.258 e. The zero-order valence-corrected chi connectivity index (χ0v) is 20.0. The number of halogens is 1. The van der Waals surface area contributed by atoms with Gasteiger partial charge in [0.05, 0.1) is 36.8 Å². The van der Waals surface area contributed by atoms with Crippen LogP contribution in [0.5, 0.6) is 0 Å². The highest BCUT2D eigenvalue weighted by Crippen LogP contribution is 2.50. The molecule has 0 spiro atoms. The zero-order valence-electron chi connectivity index (χ0n) is 20.0. The Morgan fingerprint density at radius 3 is 2.44 bits per heavy atom. The molecule has 0 unspecified atom stereocenters. The number of aliphatic hydroxyl groups excluding tert-OH is 1. The van der Waals surface area contributed by atoms with E-state index in [1.54, 1.807) is 44.7 Å². The van der Waals surface area contributed by atoms with Crippen LogP contribution in [0.25, 0.3) is 11.1 Å². The van der Waals surface area contributed by atoms with Gasteiger partial charge in [-0.1, -0.05) is 24.6 Å². The molecule has 36 heavy (non-hydrogen) atoms. The van der Waals surface area contributed by atoms with Gasteiger partial charge in [-0.2, -0.15) is 0 Å². The number of hydrogen-bond donors (Lipinski definition) is 1. The third-order valence-corrected chi connectivity index (χ3v) is 8.52. The molecule has 4 atom stereocenters. The maximum atomic E-state index is 14.6. The van der Waals surface area contributed by atoms with Crippen molar-refractivity contribution in [3.8, 4) is 11.1 Å². The average molecular weight is 496 g/mol. The van der Waals surface area contributed by atoms with E-state index in [1.165, 1.54) is 6.07 Å². The molecule has 2 amide bonds. The van der Waals surface area contributed by atoms with Crippen molar-refractivity contribution in [1.29, 1.82) is 0 Å². The third kappa shape index (κ3) is 3.51. The van der Waals surface area contributed by atoms with E-state index in [9.17, 15) is 23.9 Å². The van der Waals surface area contributed by atoms with Crippen LogP contribution in [0.4, 0.5) is 4.39 Å². The number of amides is 2. The largest absolute Gasteiger partial charge is 0.396 e. The minimum absolute atomic E-state index is 0.00357. The van der Waals surface area contributed by atoms with Crippen molar-refractivity contribution in [2.45, 2.75) is 37.9 Å². The van der Waals surface area contributed by atoms with Crippen molar-refractivity contribution in [2.24, 2.45) is 17.8 Å². The van der Waals surface area contributed by atoms with Crippen LogP contribution in [0.3, 0.4) is 0 Å². The quantitative estimate of drug-likeness (QED) is 0.699. The van der Waals surface area contributed by atoms with Crippen molar-refractivity contribution >= 4 is 11.8 Å². The first kappa shape index (κ1) is 23.4. The molecular weight excluding hydrogens is 465 g/mol. The summed E-state index contributed by atoms with van der Waals surface area (Å²) in [5.41, 5.74) is 0.690. The Hall–Kier alpha value is -3.04. The highest BCUT2D eigenvalue weighted by molar-refractivity contribution is 5.86. The van der Waals surface area contributed by atoms with Crippen molar-refractivity contribution < 1.29 is 23.8 Å². The lowest BCUT2D eigenvalue weighted by molar-refractivity contribution is -0.145. The monoisotopic (exact) mass is 495 g/mol. The highest BCUT2D eigenvalue weighted by Gasteiger charge is 2.59. The van der Waals surface area contributed by atoms with E-state index in [-0.39, 0.29) is 47.6 Å². The fraction of sp³-hybridized carbons (Fsp3) is 0.519. The number of rotatable bonds is 4. The number of carbonyl (C=O) groups excluding carboxylic acids is 2. The van der Waals surface area contributed by atoms with Crippen LogP contribution in [0.1, 0.15) is 31.0 Å². The summed E-state index contributed by atoms with van der Waals surface area (Å²) in [6.07, 6.45) is 2.64. The van der Waals surface area contributed by atoms with Crippen molar-refractivity contribution in [1.82, 2.24) is 14.4 Å². The molecule has 3 fully saturated rings. The number of ether oxygens (including phenoxy) is 1. The summed E-state index contributed by atoms with van der Waals surface area (Å²) < 4.78 is 21.6. The molecule has 2 bridgehead atoms. The molecule has 1 aromatic carbocycles. The molecule has 0 radical (unpaired) electrons. The number of benzene rings is 1. The van der Waals surface area contributed by atoms with Gasteiger partial charge in [-0.25, -0.2) is 4.39 Å². The van der Waals surface area contributed by atoms with Gasteiger partial charge in [0.15, 0.2) is 0 Å². The summed E-state index contributed by atoms with van der Waals surface area (Å²) in [5.74, 6) is -1.83. The Labute approximate surface area is 208 Å². The average Bonchev–Trinajstić information content (AvgIpc) is 3.10. The Morgan fingerprint density at radius 2 is 1.78 bits per heavy atom. The van der Waals surface area contributed by atoms with Crippen LogP contribution in [-0.4, -0.2) is 70.2 Å². The van der Waals surface area contributed by atoms with Gasteiger partial charge in [0.1, 0.15) is 5.82 Å². The molecule has 9 heteroatoms. The van der Waals surface area contributed by atoms with E-state index in [0.29, 0.717) is 32.0 Å². The van der Waals surface area contributed by atoms with E-state index in [4.69, 9.17) is 4.74 Å². The van der Waals surface area contributed by atoms with Crippen LogP contribution in [0.2, 0.25) is 0 Å². The first-order chi connectivity index (χ1) is 17.5. The fourth-order valence-corrected chi connectivity index (χ4v) is 6.43. The highest BCUT2D eigenvalue weighted by atomic mass is 19.1. The predicted octanol–water partition coefficient (Wildman–Crippen LogP) is 1.80. The smallest absolute Gasteiger partial charge is 0.258 e. The standard InChI is InChI=1S/C27H30FN3O5/c28-20-7-2-1-6-17(20)18-8-9-21-24-23(27(35)29-10-12-36-13-11-29)19(15-32)22(14-30(21)26(18)34)31(24)25(33)16-4-3-5-16/h1-2,6-9,16,19,22-24,32H,3-5,10-15H2/t19-,22-,23+,24+/m1/s1. The molecule has 8 nitrogen and oxygen atoms in total. The van der Waals surface area contributed by atoms with Gasteiger partial charge in [0.2, 0.25) is 11.8 Å². The minimum atomic E-state index is -0.658. The number of hydrogen-bond acceptors (Lipinski definition) is 5. The van der Waals surface area contributed by atoms with E-state index in [0.717, 1.165) is 19.3 Å². The van der Waals surface area contributed by atoms with Crippen LogP contribution < -0.4 is 5.56 Å². The number of nitrogens with zero attached hydrogens (tertiary/aromatic N) is 3. The molecule has 4 heterocycles. The molecule has 1 aliphatic carbocycles. The Bertz CT molecular complexity index is 1250. The SMILES string of the molecule is O=C([C@H]1[C@H](CO)[C@H]2Cn3c(ccc(-c4ccccc4F)c3=O)[C@@H]1N2C(=O)C1CCC1)N1CCOCC1. The van der Waals surface area contributed by atoms with E-state index >= 15 is 0 Å². The molecule has 190 valence electrons. The Kier molecular flexibility index (Phi) is 5.92. The second kappa shape index (κ2) is 9.12. The molecular formula is C27H30FN3O5. The Morgan fingerprint density at radius 1 is 1.03 bits per heavy atom. The second-order valence-electron chi connectivity index (χ2n) is 10.3. The molecule has 3 aliphatic heterocycles. The number of fused-ring (bicyclic) bond motifs is 4. The van der Waals surface area contributed by atoms with E-state index in [1.807, 2.05) is 0 Å². The predicted molar refractivity (Wildman–Crippen MR) is 128 cm³/mol. The van der Waals surface area contributed by atoms with E-state index < -0.39 is 29.7 Å². The summed E-state index contributed by atoms with van der Waals surface area (Å²) in [7, 11) is 0. The second-order valence-corrected chi connectivity index (χ2v) is 10.3. The van der Waals surface area contributed by atoms with Gasteiger partial charge in [-0.3, -0.25) is 14.4 Å².